The van der Waals surface area contributed by atoms with Gasteiger partial charge in [-0.25, -0.2) is 4.98 Å². The maximum atomic E-state index is 11.8. The lowest BCUT2D eigenvalue weighted by atomic mass is 10.1. The minimum absolute atomic E-state index is 0.0371. The number of aromatic nitrogens is 3. The van der Waals surface area contributed by atoms with Gasteiger partial charge >= 0.3 is 21.2 Å². The van der Waals surface area contributed by atoms with Crippen molar-refractivity contribution < 1.29 is 60.7 Å². The summed E-state index contributed by atoms with van der Waals surface area (Å²) in [5.41, 5.74) is 2.29. The zero-order valence-corrected chi connectivity index (χ0v) is 42.3. The average molecular weight is 1110 g/mol. The van der Waals surface area contributed by atoms with Crippen molar-refractivity contribution in [3.05, 3.63) is 110 Å². The SMILES string of the molecule is CCCCNc1nc(Cc2cc(Cl)c(N=Nc3ccc(Cl)cc3)cc2OCCC)nc(Cc2cc(Cl)c(N=Nc3ccc(Cl)c(S(=O)(=O)O)c3)cc2OCCCS(=O)(=O)O)n1.O=S(=O)=O.O=S(=O)=O. The van der Waals surface area contributed by atoms with E-state index in [9.17, 15) is 25.9 Å². The van der Waals surface area contributed by atoms with Crippen molar-refractivity contribution in [2.24, 2.45) is 20.5 Å². The Morgan fingerprint density at radius 1 is 0.609 bits per heavy atom. The molecule has 0 aliphatic heterocycles. The highest BCUT2D eigenvalue weighted by Gasteiger charge is 2.19. The fourth-order valence-corrected chi connectivity index (χ4v) is 7.46. The van der Waals surface area contributed by atoms with E-state index in [0.29, 0.717) is 69.0 Å². The van der Waals surface area contributed by atoms with E-state index in [0.717, 1.165) is 25.3 Å². The van der Waals surface area contributed by atoms with Crippen molar-refractivity contribution in [2.75, 3.05) is 30.8 Å². The fourth-order valence-electron chi connectivity index (χ4n) is 5.41. The Balaban J connectivity index is 0.00000146. The Morgan fingerprint density at radius 2 is 1.10 bits per heavy atom. The van der Waals surface area contributed by atoms with Crippen LogP contribution in [0, 0.1) is 0 Å². The van der Waals surface area contributed by atoms with E-state index in [4.69, 9.17) is 91.1 Å². The van der Waals surface area contributed by atoms with Crippen LogP contribution in [0.3, 0.4) is 0 Å². The van der Waals surface area contributed by atoms with Crippen molar-refractivity contribution in [3.8, 4) is 11.5 Å². The van der Waals surface area contributed by atoms with Gasteiger partial charge in [-0.2, -0.15) is 37.0 Å². The number of hydrogen-bond donors (Lipinski definition) is 3. The summed E-state index contributed by atoms with van der Waals surface area (Å²) in [5, 5.41) is 20.9. The maximum Gasteiger partial charge on any atom is 0.425 e. The van der Waals surface area contributed by atoms with E-state index >= 15 is 0 Å². The van der Waals surface area contributed by atoms with E-state index in [2.05, 4.69) is 37.7 Å². The lowest BCUT2D eigenvalue weighted by molar-refractivity contribution is 0.313. The molecule has 0 atom stereocenters. The van der Waals surface area contributed by atoms with E-state index < -0.39 is 52.1 Å². The molecule has 1 heterocycles. The van der Waals surface area contributed by atoms with Crippen LogP contribution >= 0.6 is 46.4 Å². The molecule has 0 saturated carbocycles. The standard InChI is InChI=1S/C39H40Cl4N8O8S2.2O3S/c1-3-5-13-44-39-46-37(19-24-17-30(42)32(22-34(24)58-14-4-2)50-48-27-9-7-26(40)8-10-27)45-38(47-39)20-25-18-31(43)33(23-35(25)59-15-6-16-60(52,53)54)51-49-28-11-12-29(41)36(21-28)61(55,56)57;2*1-4(2)3/h7-12,17-18,21-23H,3-6,13-16,19-20H2,1-2H3,(H,52,53,54)(H,55,56,57)(H,44,45,46,47);;. The van der Waals surface area contributed by atoms with Crippen LogP contribution in [0.5, 0.6) is 11.5 Å². The number of anilines is 1. The number of benzene rings is 4. The van der Waals surface area contributed by atoms with E-state index in [1.165, 1.54) is 18.2 Å². The molecule has 69 heavy (non-hydrogen) atoms. The summed E-state index contributed by atoms with van der Waals surface area (Å²) in [4.78, 5) is 13.6. The van der Waals surface area contributed by atoms with Crippen LogP contribution < -0.4 is 14.8 Å². The molecule has 372 valence electrons. The number of nitrogens with zero attached hydrogens (tertiary/aromatic N) is 7. The highest BCUT2D eigenvalue weighted by molar-refractivity contribution is 7.86. The molecule has 5 rings (SSSR count). The quantitative estimate of drug-likeness (QED) is 0.0350. The van der Waals surface area contributed by atoms with E-state index in [-0.39, 0.29) is 53.0 Å². The van der Waals surface area contributed by atoms with Crippen molar-refractivity contribution in [1.29, 1.82) is 0 Å². The monoisotopic (exact) mass is 1110 g/mol. The molecule has 0 fully saturated rings. The average Bonchev–Trinajstić information content (AvgIpc) is 3.24. The van der Waals surface area contributed by atoms with Gasteiger partial charge in [0.15, 0.2) is 0 Å². The summed E-state index contributed by atoms with van der Waals surface area (Å²) in [5.74, 6) is 1.23. The molecule has 30 heteroatoms. The molecule has 1 aromatic heterocycles. The molecule has 0 amide bonds. The number of unbranched alkanes of at least 4 members (excludes halogenated alkanes) is 1. The fraction of sp³-hybridized carbons (Fsp3) is 0.308. The number of nitrogens with one attached hydrogen (secondary N) is 1. The number of rotatable bonds is 21. The summed E-state index contributed by atoms with van der Waals surface area (Å²) in [6.45, 7) is 4.94. The first-order valence-corrected chi connectivity index (χ1v) is 26.3. The Labute approximate surface area is 419 Å². The molecule has 0 bridgehead atoms. The lowest BCUT2D eigenvalue weighted by Crippen LogP contribution is -2.13. The molecule has 4 aromatic carbocycles. The van der Waals surface area contributed by atoms with Gasteiger partial charge in [0.25, 0.3) is 20.2 Å². The molecule has 0 radical (unpaired) electrons. The normalized spacial score (nSPS) is 11.4. The highest BCUT2D eigenvalue weighted by Crippen LogP contribution is 2.38. The smallest absolute Gasteiger partial charge is 0.425 e. The number of hydrogen-bond acceptors (Lipinski definition) is 20. The molecule has 3 N–H and O–H groups in total. The second-order valence-electron chi connectivity index (χ2n) is 13.7. The topological polar surface area (TPSA) is 330 Å². The summed E-state index contributed by atoms with van der Waals surface area (Å²) >= 11 is 25.4. The number of azo groups is 2. The molecule has 0 aliphatic rings. The Hall–Kier alpha value is -5.29. The van der Waals surface area contributed by atoms with Crippen molar-refractivity contribution in [3.63, 3.8) is 0 Å². The van der Waals surface area contributed by atoms with Crippen molar-refractivity contribution >= 4 is 117 Å². The van der Waals surface area contributed by atoms with Crippen LogP contribution in [0.15, 0.2) is 92.1 Å². The lowest BCUT2D eigenvalue weighted by Gasteiger charge is -2.15. The van der Waals surface area contributed by atoms with Gasteiger partial charge in [0.05, 0.1) is 45.4 Å². The van der Waals surface area contributed by atoms with Gasteiger partial charge in [0.1, 0.15) is 39.4 Å². The zero-order chi connectivity index (χ0) is 51.3. The van der Waals surface area contributed by atoms with Crippen LogP contribution in [0.1, 0.15) is 62.3 Å². The van der Waals surface area contributed by atoms with Gasteiger partial charge in [-0.15, -0.1) is 35.5 Å². The molecule has 0 unspecified atom stereocenters. The van der Waals surface area contributed by atoms with Gasteiger partial charge in [0.2, 0.25) is 5.95 Å². The van der Waals surface area contributed by atoms with Crippen molar-refractivity contribution in [1.82, 2.24) is 15.0 Å². The van der Waals surface area contributed by atoms with Crippen LogP contribution in [0.2, 0.25) is 20.1 Å². The maximum absolute atomic E-state index is 11.8. The predicted molar refractivity (Wildman–Crippen MR) is 255 cm³/mol. The molecule has 22 nitrogen and oxygen atoms in total. The first kappa shape index (κ1) is 58.0. The van der Waals surface area contributed by atoms with Gasteiger partial charge in [-0.1, -0.05) is 66.7 Å². The largest absolute Gasteiger partial charge is 0.493 e. The van der Waals surface area contributed by atoms with Gasteiger partial charge < -0.3 is 14.8 Å². The van der Waals surface area contributed by atoms with Crippen LogP contribution in [-0.2, 0) is 54.3 Å². The zero-order valence-electron chi connectivity index (χ0n) is 36.0. The minimum atomic E-state index is -4.65. The number of halogens is 4. The van der Waals surface area contributed by atoms with Crippen LogP contribution in [0.25, 0.3) is 0 Å². The second-order valence-corrected chi connectivity index (χ2v) is 19.1. The van der Waals surface area contributed by atoms with Gasteiger partial charge in [-0.05, 0) is 73.9 Å². The third kappa shape index (κ3) is 21.9. The summed E-state index contributed by atoms with van der Waals surface area (Å²) in [6, 6.07) is 17.0. The van der Waals surface area contributed by atoms with E-state index in [1.54, 1.807) is 42.5 Å². The summed E-state index contributed by atoms with van der Waals surface area (Å²) < 4.78 is 128. The Bertz CT molecular complexity index is 3060. The van der Waals surface area contributed by atoms with Crippen LogP contribution in [0.4, 0.5) is 28.7 Å². The van der Waals surface area contributed by atoms with Gasteiger partial charge in [-0.3, -0.25) is 9.11 Å². The number of ether oxygens (including phenoxy) is 2. The van der Waals surface area contributed by atoms with Crippen LogP contribution in [-0.4, -0.2) is 91.7 Å². The highest BCUT2D eigenvalue weighted by atomic mass is 35.5. The molecule has 0 saturated heterocycles. The second kappa shape index (κ2) is 28.4. The molecule has 5 aromatic rings. The molecule has 0 aliphatic carbocycles. The summed E-state index contributed by atoms with van der Waals surface area (Å²) in [7, 11) is -15.1. The van der Waals surface area contributed by atoms with Crippen molar-refractivity contribution in [2.45, 2.75) is 57.3 Å². The van der Waals surface area contributed by atoms with Gasteiger partial charge in [0, 0.05) is 47.7 Å². The molecular weight excluding hydrogens is 1070 g/mol. The molecular formula is C39H40Cl4N8O14S4. The predicted octanol–water partition coefficient (Wildman–Crippen LogP) is 9.39. The Morgan fingerprint density at radius 3 is 1.58 bits per heavy atom. The van der Waals surface area contributed by atoms with E-state index in [1.807, 2.05) is 6.92 Å². The first-order valence-electron chi connectivity index (χ1n) is 19.7. The Kier molecular flexibility index (Phi) is 23.9. The first-order chi connectivity index (χ1) is 32.5. The molecule has 0 spiro atoms. The summed E-state index contributed by atoms with van der Waals surface area (Å²) in [6.07, 6.45) is 2.72. The third-order valence-electron chi connectivity index (χ3n) is 8.33. The minimum Gasteiger partial charge on any atom is -0.493 e. The third-order valence-corrected chi connectivity index (χ3v) is 11.3.